The predicted molar refractivity (Wildman–Crippen MR) is 66.2 cm³/mol. The lowest BCUT2D eigenvalue weighted by atomic mass is 10.3. The summed E-state index contributed by atoms with van der Waals surface area (Å²) in [5.41, 5.74) is 1.25. The van der Waals surface area contributed by atoms with Crippen molar-refractivity contribution in [2.24, 2.45) is 0 Å². The molecule has 0 saturated carbocycles. The Morgan fingerprint density at radius 3 is 2.83 bits per heavy atom. The monoisotopic (exact) mass is 284 g/mol. The number of aromatic nitrogens is 3. The van der Waals surface area contributed by atoms with E-state index < -0.39 is 0 Å². The van der Waals surface area contributed by atoms with Crippen LogP contribution < -0.4 is 5.32 Å². The molecular formula is C10H6Cl2N4O2. The molecule has 0 spiro atoms. The second kappa shape index (κ2) is 4.47. The molecule has 3 rings (SSSR count). The minimum absolute atomic E-state index is 0.151. The highest BCUT2D eigenvalue weighted by Gasteiger charge is 2.10. The smallest absolute Gasteiger partial charge is 0.323 e. The fourth-order valence-electron chi connectivity index (χ4n) is 1.40. The van der Waals surface area contributed by atoms with Crippen LogP contribution in [-0.2, 0) is 5.88 Å². The summed E-state index contributed by atoms with van der Waals surface area (Å²) in [5.74, 6) is 0.469. The van der Waals surface area contributed by atoms with Crippen LogP contribution in [0.25, 0.3) is 11.1 Å². The Bertz CT molecular complexity index is 694. The van der Waals surface area contributed by atoms with Crippen LogP contribution in [0.3, 0.4) is 0 Å². The Morgan fingerprint density at radius 1 is 1.17 bits per heavy atom. The number of nitrogens with one attached hydrogen (secondary N) is 1. The van der Waals surface area contributed by atoms with Crippen LogP contribution in [-0.4, -0.2) is 15.2 Å². The van der Waals surface area contributed by atoms with Crippen molar-refractivity contribution >= 4 is 46.3 Å². The van der Waals surface area contributed by atoms with Crippen molar-refractivity contribution in [3.05, 3.63) is 29.1 Å². The molecule has 0 atom stereocenters. The number of rotatable bonds is 3. The van der Waals surface area contributed by atoms with Crippen LogP contribution in [0.2, 0.25) is 5.02 Å². The van der Waals surface area contributed by atoms with Gasteiger partial charge in [0, 0.05) is 11.1 Å². The molecule has 0 aliphatic rings. The van der Waals surface area contributed by atoms with Gasteiger partial charge in [0.05, 0.1) is 0 Å². The molecule has 0 radical (unpaired) electrons. The first-order valence-electron chi connectivity index (χ1n) is 4.96. The zero-order valence-corrected chi connectivity index (χ0v) is 10.4. The Labute approximate surface area is 111 Å². The maximum atomic E-state index is 5.85. The Kier molecular flexibility index (Phi) is 2.81. The summed E-state index contributed by atoms with van der Waals surface area (Å²) in [5, 5.41) is 10.8. The van der Waals surface area contributed by atoms with Crippen LogP contribution >= 0.6 is 23.2 Å². The number of halogens is 2. The number of alkyl halides is 1. The standard InChI is InChI=1S/C10H6Cl2N4O2/c11-4-8-15-16-10(18-8)14-9-13-6-2-1-5(12)3-7(6)17-9/h1-3H,4H2,(H,13,14,16). The van der Waals surface area contributed by atoms with Gasteiger partial charge in [0.15, 0.2) is 5.58 Å². The minimum atomic E-state index is 0.151. The topological polar surface area (TPSA) is 77.0 Å². The molecule has 6 nitrogen and oxygen atoms in total. The molecule has 2 aromatic heterocycles. The van der Waals surface area contributed by atoms with E-state index in [4.69, 9.17) is 32.0 Å². The maximum absolute atomic E-state index is 5.85. The first-order chi connectivity index (χ1) is 8.74. The van der Waals surface area contributed by atoms with Gasteiger partial charge in [-0.3, -0.25) is 5.32 Å². The van der Waals surface area contributed by atoms with Gasteiger partial charge in [0.25, 0.3) is 0 Å². The number of hydrogen-bond acceptors (Lipinski definition) is 6. The minimum Gasteiger partial charge on any atom is -0.423 e. The van der Waals surface area contributed by atoms with Crippen molar-refractivity contribution < 1.29 is 8.83 Å². The van der Waals surface area contributed by atoms with Gasteiger partial charge in [-0.2, -0.15) is 4.98 Å². The Hall–Kier alpha value is -1.79. The third-order valence-electron chi connectivity index (χ3n) is 2.15. The van der Waals surface area contributed by atoms with Gasteiger partial charge >= 0.3 is 12.0 Å². The highest BCUT2D eigenvalue weighted by atomic mass is 35.5. The summed E-state index contributed by atoms with van der Waals surface area (Å²) in [6, 6.07) is 5.58. The van der Waals surface area contributed by atoms with Gasteiger partial charge in [0.1, 0.15) is 11.4 Å². The van der Waals surface area contributed by atoms with Gasteiger partial charge in [-0.05, 0) is 12.1 Å². The number of fused-ring (bicyclic) bond motifs is 1. The normalized spacial score (nSPS) is 11.0. The molecule has 1 aromatic carbocycles. The summed E-state index contributed by atoms with van der Waals surface area (Å²) >= 11 is 11.4. The molecule has 0 bridgehead atoms. The van der Waals surface area contributed by atoms with Gasteiger partial charge in [0.2, 0.25) is 5.89 Å². The van der Waals surface area contributed by atoms with Gasteiger partial charge in [-0.1, -0.05) is 16.7 Å². The molecular weight excluding hydrogens is 279 g/mol. The summed E-state index contributed by atoms with van der Waals surface area (Å²) in [6.45, 7) is 0. The molecule has 1 N–H and O–H groups in total. The number of anilines is 2. The summed E-state index contributed by atoms with van der Waals surface area (Å²) < 4.78 is 10.6. The lowest BCUT2D eigenvalue weighted by molar-refractivity contribution is 0.523. The van der Waals surface area contributed by atoms with E-state index in [9.17, 15) is 0 Å². The molecule has 0 fully saturated rings. The highest BCUT2D eigenvalue weighted by molar-refractivity contribution is 6.31. The predicted octanol–water partition coefficient (Wildman–Crippen LogP) is 3.35. The number of hydrogen-bond donors (Lipinski definition) is 1. The van der Waals surface area contributed by atoms with Crippen LogP contribution in [0, 0.1) is 0 Å². The molecule has 0 aliphatic heterocycles. The van der Waals surface area contributed by atoms with Crippen molar-refractivity contribution in [3.8, 4) is 0 Å². The van der Waals surface area contributed by atoms with E-state index in [-0.39, 0.29) is 17.9 Å². The first kappa shape index (κ1) is 11.3. The third kappa shape index (κ3) is 2.12. The van der Waals surface area contributed by atoms with E-state index in [1.807, 2.05) is 0 Å². The molecule has 0 aliphatic carbocycles. The summed E-state index contributed by atoms with van der Waals surface area (Å²) in [7, 11) is 0. The average molecular weight is 285 g/mol. The number of benzene rings is 1. The highest BCUT2D eigenvalue weighted by Crippen LogP contribution is 2.24. The van der Waals surface area contributed by atoms with Crippen LogP contribution in [0.1, 0.15) is 5.89 Å². The quantitative estimate of drug-likeness (QED) is 0.743. The Balaban J connectivity index is 1.90. The average Bonchev–Trinajstić information content (AvgIpc) is 2.95. The van der Waals surface area contributed by atoms with E-state index in [1.54, 1.807) is 18.2 Å². The second-order valence-electron chi connectivity index (χ2n) is 3.39. The van der Waals surface area contributed by atoms with Crippen LogP contribution in [0.15, 0.2) is 27.0 Å². The van der Waals surface area contributed by atoms with Crippen molar-refractivity contribution in [1.82, 2.24) is 15.2 Å². The lowest BCUT2D eigenvalue weighted by Crippen LogP contribution is -1.89. The SMILES string of the molecule is ClCc1nnc(Nc2nc3ccc(Cl)cc3o2)o1. The third-order valence-corrected chi connectivity index (χ3v) is 2.61. The van der Waals surface area contributed by atoms with E-state index in [2.05, 4.69) is 20.5 Å². The van der Waals surface area contributed by atoms with Crippen molar-refractivity contribution in [3.63, 3.8) is 0 Å². The van der Waals surface area contributed by atoms with Crippen molar-refractivity contribution in [1.29, 1.82) is 0 Å². The zero-order valence-electron chi connectivity index (χ0n) is 8.85. The van der Waals surface area contributed by atoms with E-state index in [1.165, 1.54) is 0 Å². The number of nitrogens with zero attached hydrogens (tertiary/aromatic N) is 3. The van der Waals surface area contributed by atoms with E-state index in [0.29, 0.717) is 22.0 Å². The molecule has 92 valence electrons. The van der Waals surface area contributed by atoms with Gasteiger partial charge in [-0.15, -0.1) is 16.7 Å². The molecule has 8 heteroatoms. The molecule has 18 heavy (non-hydrogen) atoms. The van der Waals surface area contributed by atoms with Gasteiger partial charge in [-0.25, -0.2) is 0 Å². The zero-order chi connectivity index (χ0) is 12.5. The first-order valence-corrected chi connectivity index (χ1v) is 5.87. The number of oxazole rings is 1. The van der Waals surface area contributed by atoms with Crippen molar-refractivity contribution in [2.45, 2.75) is 5.88 Å². The van der Waals surface area contributed by atoms with E-state index >= 15 is 0 Å². The summed E-state index contributed by atoms with van der Waals surface area (Å²) in [6.07, 6.45) is 0. The maximum Gasteiger partial charge on any atom is 0.323 e. The second-order valence-corrected chi connectivity index (χ2v) is 4.09. The summed E-state index contributed by atoms with van der Waals surface area (Å²) in [4.78, 5) is 4.19. The largest absolute Gasteiger partial charge is 0.423 e. The molecule has 2 heterocycles. The van der Waals surface area contributed by atoms with E-state index in [0.717, 1.165) is 0 Å². The Morgan fingerprint density at radius 2 is 2.06 bits per heavy atom. The van der Waals surface area contributed by atoms with Crippen molar-refractivity contribution in [2.75, 3.05) is 5.32 Å². The molecule has 0 saturated heterocycles. The van der Waals surface area contributed by atoms with Gasteiger partial charge < -0.3 is 8.83 Å². The molecule has 0 unspecified atom stereocenters. The molecule has 3 aromatic rings. The lowest BCUT2D eigenvalue weighted by Gasteiger charge is -1.91. The fourth-order valence-corrected chi connectivity index (χ4v) is 1.67. The fraction of sp³-hybridized carbons (Fsp3) is 0.100. The van der Waals surface area contributed by atoms with Crippen LogP contribution in [0.5, 0.6) is 0 Å². The van der Waals surface area contributed by atoms with Crippen LogP contribution in [0.4, 0.5) is 12.0 Å². The molecule has 0 amide bonds.